The van der Waals surface area contributed by atoms with Crippen LogP contribution in [0, 0.1) is 5.82 Å². The van der Waals surface area contributed by atoms with Gasteiger partial charge in [-0.3, -0.25) is 9.69 Å². The van der Waals surface area contributed by atoms with Gasteiger partial charge >= 0.3 is 0 Å². The van der Waals surface area contributed by atoms with Gasteiger partial charge in [-0.05, 0) is 71.7 Å². The van der Waals surface area contributed by atoms with Crippen molar-refractivity contribution in [2.24, 2.45) is 0 Å². The number of nitrogens with zero attached hydrogens (tertiary/aromatic N) is 1. The summed E-state index contributed by atoms with van der Waals surface area (Å²) in [6, 6.07) is 11.8. The molecule has 1 aliphatic rings. The predicted molar refractivity (Wildman–Crippen MR) is 101 cm³/mol. The number of benzene rings is 2. The Bertz CT molecular complexity index is 765. The smallest absolute Gasteiger partial charge is 0.252 e. The van der Waals surface area contributed by atoms with Crippen LogP contribution >= 0.6 is 27.5 Å². The molecule has 0 bridgehead atoms. The Morgan fingerprint density at radius 2 is 1.96 bits per heavy atom. The minimum absolute atomic E-state index is 0.0272. The van der Waals surface area contributed by atoms with E-state index in [9.17, 15) is 9.18 Å². The van der Waals surface area contributed by atoms with E-state index in [-0.39, 0.29) is 17.8 Å². The highest BCUT2D eigenvalue weighted by Crippen LogP contribution is 2.30. The summed E-state index contributed by atoms with van der Waals surface area (Å²) in [4.78, 5) is 14.8. The molecular weight excluding hydrogens is 407 g/mol. The highest BCUT2D eigenvalue weighted by atomic mass is 79.9. The highest BCUT2D eigenvalue weighted by Gasteiger charge is 2.25. The van der Waals surface area contributed by atoms with E-state index in [1.54, 1.807) is 0 Å². The van der Waals surface area contributed by atoms with Crippen molar-refractivity contribution in [3.63, 3.8) is 0 Å². The van der Waals surface area contributed by atoms with E-state index in [0.29, 0.717) is 21.6 Å². The first-order valence-electron chi connectivity index (χ1n) is 8.28. The topological polar surface area (TPSA) is 32.3 Å². The lowest BCUT2D eigenvalue weighted by Gasteiger charge is -2.29. The average Bonchev–Trinajstić information content (AvgIpc) is 3.10. The first-order chi connectivity index (χ1) is 12.1. The highest BCUT2D eigenvalue weighted by molar-refractivity contribution is 9.10. The van der Waals surface area contributed by atoms with E-state index in [1.165, 1.54) is 18.2 Å². The Morgan fingerprint density at radius 1 is 1.24 bits per heavy atom. The van der Waals surface area contributed by atoms with Crippen LogP contribution in [-0.2, 0) is 0 Å². The van der Waals surface area contributed by atoms with Gasteiger partial charge in [0.2, 0.25) is 0 Å². The molecule has 0 aromatic heterocycles. The fourth-order valence-electron chi connectivity index (χ4n) is 3.19. The number of rotatable bonds is 5. The van der Waals surface area contributed by atoms with Gasteiger partial charge < -0.3 is 5.32 Å². The van der Waals surface area contributed by atoms with Crippen molar-refractivity contribution in [3.8, 4) is 0 Å². The van der Waals surface area contributed by atoms with Gasteiger partial charge in [0.15, 0.2) is 0 Å². The molecular formula is C19H19BrClFN2O. The molecule has 3 nitrogen and oxygen atoms in total. The fraction of sp³-hybridized carbons (Fsp3) is 0.316. The van der Waals surface area contributed by atoms with Gasteiger partial charge in [-0.25, -0.2) is 4.39 Å². The normalized spacial score (nSPS) is 16.0. The Labute approximate surface area is 160 Å². The largest absolute Gasteiger partial charge is 0.350 e. The van der Waals surface area contributed by atoms with Crippen LogP contribution in [0.15, 0.2) is 46.9 Å². The summed E-state index contributed by atoms with van der Waals surface area (Å²) in [6.07, 6.45) is 2.30. The monoisotopic (exact) mass is 424 g/mol. The van der Waals surface area contributed by atoms with E-state index in [2.05, 4.69) is 26.1 Å². The third-order valence-corrected chi connectivity index (χ3v) is 5.48. The molecule has 1 heterocycles. The fourth-order valence-corrected chi connectivity index (χ4v) is 3.99. The number of carbonyl (C=O) groups is 1. The van der Waals surface area contributed by atoms with Crippen LogP contribution in [0.4, 0.5) is 4.39 Å². The maximum atomic E-state index is 13.2. The summed E-state index contributed by atoms with van der Waals surface area (Å²) < 4.78 is 13.7. The van der Waals surface area contributed by atoms with Gasteiger partial charge in [0.25, 0.3) is 5.91 Å². The second-order valence-corrected chi connectivity index (χ2v) is 7.38. The molecule has 25 heavy (non-hydrogen) atoms. The molecule has 1 amide bonds. The lowest BCUT2D eigenvalue weighted by molar-refractivity contribution is 0.0937. The number of likely N-dealkylation sites (tertiary alicyclic amines) is 1. The third-order valence-electron chi connectivity index (χ3n) is 4.48. The zero-order valence-corrected chi connectivity index (χ0v) is 16.0. The summed E-state index contributed by atoms with van der Waals surface area (Å²) in [5.41, 5.74) is 1.44. The Hall–Kier alpha value is -1.43. The quantitative estimate of drug-likeness (QED) is 0.746. The van der Waals surface area contributed by atoms with Gasteiger partial charge in [0.05, 0.1) is 11.6 Å². The Morgan fingerprint density at radius 3 is 2.64 bits per heavy atom. The molecule has 1 atom stereocenters. The molecule has 0 unspecified atom stereocenters. The Kier molecular flexibility index (Phi) is 6.10. The Balaban J connectivity index is 1.76. The first-order valence-corrected chi connectivity index (χ1v) is 9.45. The molecule has 3 rings (SSSR count). The van der Waals surface area contributed by atoms with E-state index in [1.807, 2.05) is 24.3 Å². The van der Waals surface area contributed by atoms with Crippen LogP contribution in [0.2, 0.25) is 5.02 Å². The summed E-state index contributed by atoms with van der Waals surface area (Å²) in [7, 11) is 0. The summed E-state index contributed by atoms with van der Waals surface area (Å²) in [6.45, 7) is 2.43. The average molecular weight is 426 g/mol. The van der Waals surface area contributed by atoms with Crippen LogP contribution in [-0.4, -0.2) is 30.4 Å². The predicted octanol–water partition coefficient (Wildman–Crippen LogP) is 4.81. The zero-order chi connectivity index (χ0) is 17.8. The van der Waals surface area contributed by atoms with Crippen LogP contribution in [0.5, 0.6) is 0 Å². The number of nitrogens with one attached hydrogen (secondary N) is 1. The summed E-state index contributed by atoms with van der Waals surface area (Å²) >= 11 is 9.63. The molecule has 2 aromatic carbocycles. The van der Waals surface area contributed by atoms with Crippen molar-refractivity contribution < 1.29 is 9.18 Å². The number of halogens is 3. The summed E-state index contributed by atoms with van der Waals surface area (Å²) in [5, 5.41) is 3.68. The van der Waals surface area contributed by atoms with Gasteiger partial charge in [0, 0.05) is 16.0 Å². The lowest BCUT2D eigenvalue weighted by atomic mass is 10.0. The summed E-state index contributed by atoms with van der Waals surface area (Å²) in [5.74, 6) is -0.613. The van der Waals surface area contributed by atoms with Crippen LogP contribution in [0.3, 0.4) is 0 Å². The maximum absolute atomic E-state index is 13.2. The standard InChI is InChI=1S/C19H19BrClFN2O/c20-16-11-13(22)7-8-14(16)19(25)23-12-18(24-9-3-4-10-24)15-5-1-2-6-17(15)21/h1-2,5-8,11,18H,3-4,9-10,12H2,(H,23,25)/t18-/m1/s1. The molecule has 1 N–H and O–H groups in total. The second-order valence-electron chi connectivity index (χ2n) is 6.11. The molecule has 2 aromatic rings. The van der Waals surface area contributed by atoms with Gasteiger partial charge in [-0.2, -0.15) is 0 Å². The van der Waals surface area contributed by atoms with Crippen LogP contribution in [0.1, 0.15) is 34.8 Å². The van der Waals surface area contributed by atoms with E-state index >= 15 is 0 Å². The molecule has 0 aliphatic carbocycles. The molecule has 0 saturated carbocycles. The third kappa shape index (κ3) is 4.40. The van der Waals surface area contributed by atoms with Crippen molar-refractivity contribution in [1.82, 2.24) is 10.2 Å². The van der Waals surface area contributed by atoms with Crippen LogP contribution < -0.4 is 5.32 Å². The molecule has 6 heteroatoms. The van der Waals surface area contributed by atoms with E-state index < -0.39 is 0 Å². The number of hydrogen-bond acceptors (Lipinski definition) is 2. The number of amides is 1. The van der Waals surface area contributed by atoms with E-state index in [0.717, 1.165) is 31.5 Å². The number of carbonyl (C=O) groups excluding carboxylic acids is 1. The zero-order valence-electron chi connectivity index (χ0n) is 13.6. The molecule has 0 spiro atoms. The van der Waals surface area contributed by atoms with Crippen molar-refractivity contribution in [1.29, 1.82) is 0 Å². The van der Waals surface area contributed by atoms with Crippen molar-refractivity contribution in [2.45, 2.75) is 18.9 Å². The van der Waals surface area contributed by atoms with Crippen molar-refractivity contribution in [2.75, 3.05) is 19.6 Å². The van der Waals surface area contributed by atoms with Gasteiger partial charge in [-0.15, -0.1) is 0 Å². The van der Waals surface area contributed by atoms with E-state index in [4.69, 9.17) is 11.6 Å². The minimum atomic E-state index is -0.380. The molecule has 1 aliphatic heterocycles. The van der Waals surface area contributed by atoms with Crippen LogP contribution in [0.25, 0.3) is 0 Å². The molecule has 1 saturated heterocycles. The molecule has 1 fully saturated rings. The lowest BCUT2D eigenvalue weighted by Crippen LogP contribution is -2.37. The maximum Gasteiger partial charge on any atom is 0.252 e. The number of hydrogen-bond donors (Lipinski definition) is 1. The first kappa shape index (κ1) is 18.4. The molecule has 0 radical (unpaired) electrons. The molecule has 132 valence electrons. The second kappa shape index (κ2) is 8.30. The van der Waals surface area contributed by atoms with Gasteiger partial charge in [-0.1, -0.05) is 29.8 Å². The SMILES string of the molecule is O=C(NC[C@H](c1ccccc1Cl)N1CCCC1)c1ccc(F)cc1Br. The van der Waals surface area contributed by atoms with Gasteiger partial charge in [0.1, 0.15) is 5.82 Å². The minimum Gasteiger partial charge on any atom is -0.350 e. The van der Waals surface area contributed by atoms with Crippen molar-refractivity contribution >= 4 is 33.4 Å². The van der Waals surface area contributed by atoms with Crippen molar-refractivity contribution in [3.05, 3.63) is 68.9 Å².